The van der Waals surface area contributed by atoms with Gasteiger partial charge in [0, 0.05) is 24.8 Å². The van der Waals surface area contributed by atoms with E-state index in [0.29, 0.717) is 11.6 Å². The molecule has 0 saturated heterocycles. The SMILES string of the molecule is Cn1cc(CCCNC(=O)C2(c3cccc(Cl)c3)CCCCC2)cn1. The van der Waals surface area contributed by atoms with Crippen LogP contribution in [-0.2, 0) is 23.7 Å². The van der Waals surface area contributed by atoms with Crippen LogP contribution < -0.4 is 5.32 Å². The summed E-state index contributed by atoms with van der Waals surface area (Å²) in [5, 5.41) is 8.06. The average molecular weight is 360 g/mol. The van der Waals surface area contributed by atoms with Crippen molar-refractivity contribution in [3.8, 4) is 0 Å². The highest BCUT2D eigenvalue weighted by Gasteiger charge is 2.40. The van der Waals surface area contributed by atoms with Crippen LogP contribution >= 0.6 is 11.6 Å². The van der Waals surface area contributed by atoms with E-state index in [1.165, 1.54) is 12.0 Å². The molecule has 1 aromatic heterocycles. The fourth-order valence-corrected chi connectivity index (χ4v) is 4.04. The highest BCUT2D eigenvalue weighted by atomic mass is 35.5. The monoisotopic (exact) mass is 359 g/mol. The number of hydrogen-bond acceptors (Lipinski definition) is 2. The third kappa shape index (κ3) is 4.24. The van der Waals surface area contributed by atoms with Gasteiger partial charge in [-0.15, -0.1) is 0 Å². The Balaban J connectivity index is 1.63. The fraction of sp³-hybridized carbons (Fsp3) is 0.500. The number of amides is 1. The lowest BCUT2D eigenvalue weighted by atomic mass is 9.68. The number of rotatable bonds is 6. The maximum atomic E-state index is 13.1. The first kappa shape index (κ1) is 18.0. The molecular formula is C20H26ClN3O. The van der Waals surface area contributed by atoms with Gasteiger partial charge in [0.05, 0.1) is 11.6 Å². The van der Waals surface area contributed by atoms with Gasteiger partial charge in [-0.05, 0) is 48.9 Å². The molecule has 0 spiro atoms. The first-order chi connectivity index (χ1) is 12.1. The Bertz CT molecular complexity index is 719. The van der Waals surface area contributed by atoms with Crippen LogP contribution in [-0.4, -0.2) is 22.2 Å². The zero-order valence-corrected chi connectivity index (χ0v) is 15.6. The smallest absolute Gasteiger partial charge is 0.230 e. The summed E-state index contributed by atoms with van der Waals surface area (Å²) in [6.07, 6.45) is 11.0. The first-order valence-electron chi connectivity index (χ1n) is 9.12. The maximum Gasteiger partial charge on any atom is 0.230 e. The summed E-state index contributed by atoms with van der Waals surface area (Å²) in [5.74, 6) is 0.153. The number of halogens is 1. The molecule has 25 heavy (non-hydrogen) atoms. The van der Waals surface area contributed by atoms with Gasteiger partial charge in [0.1, 0.15) is 0 Å². The van der Waals surface area contributed by atoms with Crippen molar-refractivity contribution in [3.63, 3.8) is 0 Å². The van der Waals surface area contributed by atoms with E-state index in [0.717, 1.165) is 44.1 Å². The molecule has 0 atom stereocenters. The van der Waals surface area contributed by atoms with Crippen LogP contribution in [0.15, 0.2) is 36.7 Å². The number of nitrogens with one attached hydrogen (secondary N) is 1. The number of carbonyl (C=O) groups is 1. The molecule has 1 amide bonds. The number of aromatic nitrogens is 2. The fourth-order valence-electron chi connectivity index (χ4n) is 3.85. The van der Waals surface area contributed by atoms with Crippen LogP contribution in [0.1, 0.15) is 49.7 Å². The molecule has 5 heteroatoms. The lowest BCUT2D eigenvalue weighted by Crippen LogP contribution is -2.46. The van der Waals surface area contributed by atoms with Crippen LogP contribution in [0.4, 0.5) is 0 Å². The molecule has 0 bridgehead atoms. The average Bonchev–Trinajstić information content (AvgIpc) is 3.04. The van der Waals surface area contributed by atoms with Gasteiger partial charge >= 0.3 is 0 Å². The van der Waals surface area contributed by atoms with Crippen molar-refractivity contribution in [2.24, 2.45) is 7.05 Å². The van der Waals surface area contributed by atoms with Crippen LogP contribution in [0.2, 0.25) is 5.02 Å². The van der Waals surface area contributed by atoms with Crippen LogP contribution in [0, 0.1) is 0 Å². The van der Waals surface area contributed by atoms with Gasteiger partial charge in [-0.3, -0.25) is 9.48 Å². The minimum absolute atomic E-state index is 0.153. The van der Waals surface area contributed by atoms with Crippen molar-refractivity contribution in [2.45, 2.75) is 50.4 Å². The van der Waals surface area contributed by atoms with Gasteiger partial charge in [-0.25, -0.2) is 0 Å². The predicted octanol–water partition coefficient (Wildman–Crippen LogP) is 4.02. The van der Waals surface area contributed by atoms with Crippen molar-refractivity contribution < 1.29 is 4.79 Å². The molecule has 0 aliphatic heterocycles. The summed E-state index contributed by atoms with van der Waals surface area (Å²) in [6.45, 7) is 0.691. The van der Waals surface area contributed by atoms with E-state index in [1.54, 1.807) is 0 Å². The first-order valence-corrected chi connectivity index (χ1v) is 9.50. The Morgan fingerprint density at radius 1 is 1.32 bits per heavy atom. The second-order valence-electron chi connectivity index (χ2n) is 7.03. The molecule has 3 rings (SSSR count). The molecule has 2 aromatic rings. The van der Waals surface area contributed by atoms with Crippen molar-refractivity contribution in [2.75, 3.05) is 6.54 Å². The van der Waals surface area contributed by atoms with Crippen LogP contribution in [0.5, 0.6) is 0 Å². The van der Waals surface area contributed by atoms with Gasteiger partial charge in [-0.1, -0.05) is 43.0 Å². The third-order valence-corrected chi connectivity index (χ3v) is 5.44. The van der Waals surface area contributed by atoms with E-state index in [4.69, 9.17) is 11.6 Å². The summed E-state index contributed by atoms with van der Waals surface area (Å²) in [7, 11) is 1.92. The molecule has 0 radical (unpaired) electrons. The van der Waals surface area contributed by atoms with E-state index < -0.39 is 5.41 Å². The van der Waals surface area contributed by atoms with Crippen LogP contribution in [0.25, 0.3) is 0 Å². The summed E-state index contributed by atoms with van der Waals surface area (Å²) in [6, 6.07) is 7.82. The number of nitrogens with zero attached hydrogens (tertiary/aromatic N) is 2. The molecule has 4 nitrogen and oxygen atoms in total. The summed E-state index contributed by atoms with van der Waals surface area (Å²) < 4.78 is 1.81. The molecule has 1 saturated carbocycles. The molecular weight excluding hydrogens is 334 g/mol. The van der Waals surface area contributed by atoms with E-state index >= 15 is 0 Å². The van der Waals surface area contributed by atoms with E-state index in [2.05, 4.69) is 10.4 Å². The Labute approximate surface area is 154 Å². The zero-order valence-electron chi connectivity index (χ0n) is 14.8. The molecule has 134 valence electrons. The Morgan fingerprint density at radius 3 is 2.80 bits per heavy atom. The summed E-state index contributed by atoms with van der Waals surface area (Å²) >= 11 is 6.19. The minimum atomic E-state index is -0.419. The topological polar surface area (TPSA) is 46.9 Å². The zero-order chi connectivity index (χ0) is 17.7. The number of hydrogen-bond donors (Lipinski definition) is 1. The maximum absolute atomic E-state index is 13.1. The molecule has 1 N–H and O–H groups in total. The second-order valence-corrected chi connectivity index (χ2v) is 7.47. The number of aryl methyl sites for hydroxylation is 2. The van der Waals surface area contributed by atoms with Gasteiger partial charge < -0.3 is 5.32 Å². The summed E-state index contributed by atoms with van der Waals surface area (Å²) in [5.41, 5.74) is 1.85. The highest BCUT2D eigenvalue weighted by Crippen LogP contribution is 2.40. The van der Waals surface area contributed by atoms with Crippen LogP contribution in [0.3, 0.4) is 0 Å². The molecule has 1 aliphatic carbocycles. The quantitative estimate of drug-likeness (QED) is 0.792. The molecule has 1 fully saturated rings. The Kier molecular flexibility index (Phi) is 5.79. The van der Waals surface area contributed by atoms with Gasteiger partial charge in [0.2, 0.25) is 5.91 Å². The lowest BCUT2D eigenvalue weighted by Gasteiger charge is -2.36. The Morgan fingerprint density at radius 2 is 2.12 bits per heavy atom. The van der Waals surface area contributed by atoms with E-state index in [-0.39, 0.29) is 5.91 Å². The van der Waals surface area contributed by atoms with Gasteiger partial charge in [-0.2, -0.15) is 5.10 Å². The van der Waals surface area contributed by atoms with Crippen molar-refractivity contribution in [1.29, 1.82) is 0 Å². The summed E-state index contributed by atoms with van der Waals surface area (Å²) in [4.78, 5) is 13.1. The number of benzene rings is 1. The predicted molar refractivity (Wildman–Crippen MR) is 101 cm³/mol. The van der Waals surface area contributed by atoms with Crippen molar-refractivity contribution in [1.82, 2.24) is 15.1 Å². The standard InChI is InChI=1S/C20H26ClN3O/c1-24-15-16(14-23-24)7-6-12-22-19(25)20(10-3-2-4-11-20)17-8-5-9-18(21)13-17/h5,8-9,13-15H,2-4,6-7,10-12H2,1H3,(H,22,25). The normalized spacial score (nSPS) is 16.6. The second kappa shape index (κ2) is 8.05. The highest BCUT2D eigenvalue weighted by molar-refractivity contribution is 6.30. The van der Waals surface area contributed by atoms with E-state index in [1.807, 2.05) is 48.4 Å². The van der Waals surface area contributed by atoms with Gasteiger partial charge in [0.15, 0.2) is 0 Å². The van der Waals surface area contributed by atoms with Crippen molar-refractivity contribution in [3.05, 3.63) is 52.8 Å². The molecule has 1 heterocycles. The minimum Gasteiger partial charge on any atom is -0.355 e. The third-order valence-electron chi connectivity index (χ3n) is 5.21. The Hall–Kier alpha value is -1.81. The number of carbonyl (C=O) groups excluding carboxylic acids is 1. The molecule has 0 unspecified atom stereocenters. The molecule has 1 aromatic carbocycles. The molecule has 1 aliphatic rings. The van der Waals surface area contributed by atoms with Gasteiger partial charge in [0.25, 0.3) is 0 Å². The van der Waals surface area contributed by atoms with E-state index in [9.17, 15) is 4.79 Å². The lowest BCUT2D eigenvalue weighted by molar-refractivity contribution is -0.128. The van der Waals surface area contributed by atoms with Crippen molar-refractivity contribution >= 4 is 17.5 Å². The largest absolute Gasteiger partial charge is 0.355 e.